The van der Waals surface area contributed by atoms with Crippen LogP contribution in [-0.2, 0) is 0 Å². The number of halogens is 1. The second kappa shape index (κ2) is 6.44. The van der Waals surface area contributed by atoms with Crippen molar-refractivity contribution in [2.24, 2.45) is 0 Å². The zero-order chi connectivity index (χ0) is 16.3. The van der Waals surface area contributed by atoms with Crippen molar-refractivity contribution in [3.05, 3.63) is 63.2 Å². The number of amides is 2. The molecule has 6 nitrogen and oxygen atoms in total. The van der Waals surface area contributed by atoms with Crippen molar-refractivity contribution in [3.8, 4) is 0 Å². The average Bonchev–Trinajstić information content (AvgIpc) is 2.48. The molecule has 0 unspecified atom stereocenters. The number of benzene rings is 2. The number of nitro benzene ring substituents is 1. The third-order valence-electron chi connectivity index (χ3n) is 3.16. The maximum Gasteiger partial charge on any atom is 0.326 e. The number of carbonyl (C=O) groups excluding carboxylic acids is 1. The molecule has 0 bridgehead atoms. The number of urea groups is 1. The molecule has 2 rings (SSSR count). The molecular formula is C15H14ClN3O3. The highest BCUT2D eigenvalue weighted by Gasteiger charge is 2.14. The number of hydrogen-bond acceptors (Lipinski definition) is 3. The number of nitrogens with zero attached hydrogens (tertiary/aromatic N) is 2. The first kappa shape index (κ1) is 15.8. The Labute approximate surface area is 132 Å². The quantitative estimate of drug-likeness (QED) is 0.679. The summed E-state index contributed by atoms with van der Waals surface area (Å²) in [5.74, 6) is 0. The Morgan fingerprint density at radius 1 is 1.27 bits per heavy atom. The molecule has 0 spiro atoms. The fourth-order valence-electron chi connectivity index (χ4n) is 1.90. The Balaban J connectivity index is 2.16. The Morgan fingerprint density at radius 3 is 2.59 bits per heavy atom. The van der Waals surface area contributed by atoms with E-state index >= 15 is 0 Å². The van der Waals surface area contributed by atoms with Gasteiger partial charge < -0.3 is 5.32 Å². The van der Waals surface area contributed by atoms with E-state index in [1.165, 1.54) is 23.1 Å². The Morgan fingerprint density at radius 2 is 2.00 bits per heavy atom. The molecule has 0 aliphatic heterocycles. The number of rotatable bonds is 3. The smallest absolute Gasteiger partial charge is 0.307 e. The lowest BCUT2D eigenvalue weighted by molar-refractivity contribution is -0.384. The first-order valence-electron chi connectivity index (χ1n) is 6.44. The molecule has 0 fully saturated rings. The summed E-state index contributed by atoms with van der Waals surface area (Å²) >= 11 is 5.90. The summed E-state index contributed by atoms with van der Waals surface area (Å²) in [4.78, 5) is 23.9. The van der Waals surface area contributed by atoms with Crippen LogP contribution in [0.3, 0.4) is 0 Å². The van der Waals surface area contributed by atoms with Crippen LogP contribution in [-0.4, -0.2) is 18.0 Å². The first-order valence-corrected chi connectivity index (χ1v) is 6.81. The summed E-state index contributed by atoms with van der Waals surface area (Å²) in [6.45, 7) is 1.70. The highest BCUT2D eigenvalue weighted by molar-refractivity contribution is 6.30. The van der Waals surface area contributed by atoms with Crippen LogP contribution in [0.25, 0.3) is 0 Å². The van der Waals surface area contributed by atoms with Gasteiger partial charge in [0.05, 0.1) is 4.92 Å². The van der Waals surface area contributed by atoms with Crippen molar-refractivity contribution in [2.75, 3.05) is 17.3 Å². The zero-order valence-electron chi connectivity index (χ0n) is 12.0. The average molecular weight is 320 g/mol. The number of anilines is 2. The summed E-state index contributed by atoms with van der Waals surface area (Å²) in [6.07, 6.45) is 0. The zero-order valence-corrected chi connectivity index (χ0v) is 12.8. The van der Waals surface area contributed by atoms with Crippen LogP contribution in [0.2, 0.25) is 5.02 Å². The minimum Gasteiger partial charge on any atom is -0.307 e. The van der Waals surface area contributed by atoms with Gasteiger partial charge in [-0.1, -0.05) is 17.7 Å². The van der Waals surface area contributed by atoms with Crippen molar-refractivity contribution in [1.82, 2.24) is 0 Å². The molecule has 0 atom stereocenters. The molecule has 0 saturated heterocycles. The van der Waals surface area contributed by atoms with E-state index in [2.05, 4.69) is 5.32 Å². The van der Waals surface area contributed by atoms with Crippen molar-refractivity contribution in [2.45, 2.75) is 6.92 Å². The molecule has 0 radical (unpaired) electrons. The van der Waals surface area contributed by atoms with Crippen LogP contribution in [0.1, 0.15) is 5.56 Å². The summed E-state index contributed by atoms with van der Waals surface area (Å²) < 4.78 is 0. The van der Waals surface area contributed by atoms with E-state index in [1.807, 2.05) is 0 Å². The third kappa shape index (κ3) is 3.53. The number of aryl methyl sites for hydroxylation is 1. The molecule has 0 heterocycles. The summed E-state index contributed by atoms with van der Waals surface area (Å²) in [5, 5.41) is 14.0. The molecule has 2 amide bonds. The maximum atomic E-state index is 12.2. The standard InChI is InChI=1S/C15H14ClN3O3/c1-10-8-13(19(21)22)6-7-14(10)17-15(20)18(2)12-5-3-4-11(16)9-12/h3-9H,1-2H3,(H,17,20). The molecule has 0 aliphatic carbocycles. The van der Waals surface area contributed by atoms with E-state index in [-0.39, 0.29) is 11.7 Å². The van der Waals surface area contributed by atoms with E-state index < -0.39 is 4.92 Å². The van der Waals surface area contributed by atoms with Crippen LogP contribution in [0.5, 0.6) is 0 Å². The molecule has 1 N–H and O–H groups in total. The van der Waals surface area contributed by atoms with Gasteiger partial charge in [-0.05, 0) is 36.8 Å². The van der Waals surface area contributed by atoms with Crippen molar-refractivity contribution in [1.29, 1.82) is 0 Å². The van der Waals surface area contributed by atoms with Gasteiger partial charge in [0.2, 0.25) is 0 Å². The van der Waals surface area contributed by atoms with Gasteiger partial charge in [-0.3, -0.25) is 15.0 Å². The third-order valence-corrected chi connectivity index (χ3v) is 3.40. The van der Waals surface area contributed by atoms with Gasteiger partial charge in [0.1, 0.15) is 0 Å². The van der Waals surface area contributed by atoms with Gasteiger partial charge in [-0.15, -0.1) is 0 Å². The van der Waals surface area contributed by atoms with Crippen LogP contribution in [0.4, 0.5) is 21.9 Å². The van der Waals surface area contributed by atoms with Crippen LogP contribution in [0.15, 0.2) is 42.5 Å². The molecule has 0 saturated carbocycles. The molecule has 2 aromatic rings. The van der Waals surface area contributed by atoms with Crippen molar-refractivity contribution >= 4 is 34.7 Å². The fourth-order valence-corrected chi connectivity index (χ4v) is 2.09. The largest absolute Gasteiger partial charge is 0.326 e. The molecule has 114 valence electrons. The van der Waals surface area contributed by atoms with Gasteiger partial charge in [-0.25, -0.2) is 4.79 Å². The van der Waals surface area contributed by atoms with Gasteiger partial charge in [-0.2, -0.15) is 0 Å². The minimum atomic E-state index is -0.476. The number of carbonyl (C=O) groups is 1. The number of hydrogen-bond donors (Lipinski definition) is 1. The lowest BCUT2D eigenvalue weighted by atomic mass is 10.2. The number of nitro groups is 1. The van der Waals surface area contributed by atoms with Crippen molar-refractivity contribution < 1.29 is 9.72 Å². The van der Waals surface area contributed by atoms with E-state index in [4.69, 9.17) is 11.6 Å². The van der Waals surface area contributed by atoms with E-state index in [1.54, 1.807) is 38.2 Å². The van der Waals surface area contributed by atoms with Crippen LogP contribution in [0, 0.1) is 17.0 Å². The molecule has 22 heavy (non-hydrogen) atoms. The maximum absolute atomic E-state index is 12.2. The highest BCUT2D eigenvalue weighted by atomic mass is 35.5. The lowest BCUT2D eigenvalue weighted by Gasteiger charge is -2.19. The predicted molar refractivity (Wildman–Crippen MR) is 86.7 cm³/mol. The highest BCUT2D eigenvalue weighted by Crippen LogP contribution is 2.23. The molecular weight excluding hydrogens is 306 g/mol. The van der Waals surface area contributed by atoms with Gasteiger partial charge in [0.15, 0.2) is 0 Å². The van der Waals surface area contributed by atoms with Crippen LogP contribution >= 0.6 is 11.6 Å². The monoisotopic (exact) mass is 319 g/mol. The SMILES string of the molecule is Cc1cc([N+](=O)[O-])ccc1NC(=O)N(C)c1cccc(Cl)c1. The summed E-state index contributed by atoms with van der Waals surface area (Å²) in [5.41, 5.74) is 1.76. The van der Waals surface area contributed by atoms with Gasteiger partial charge in [0.25, 0.3) is 5.69 Å². The van der Waals surface area contributed by atoms with Crippen LogP contribution < -0.4 is 10.2 Å². The van der Waals surface area contributed by atoms with Gasteiger partial charge in [0, 0.05) is 35.6 Å². The molecule has 7 heteroatoms. The fraction of sp³-hybridized carbons (Fsp3) is 0.133. The topological polar surface area (TPSA) is 75.5 Å². The number of nitrogens with one attached hydrogen (secondary N) is 1. The molecule has 2 aromatic carbocycles. The molecule has 0 aliphatic rings. The minimum absolute atomic E-state index is 0.0151. The van der Waals surface area contributed by atoms with E-state index in [0.29, 0.717) is 22.0 Å². The first-order chi connectivity index (χ1) is 10.4. The Hall–Kier alpha value is -2.60. The number of non-ortho nitro benzene ring substituents is 1. The molecule has 0 aromatic heterocycles. The Bertz CT molecular complexity index is 734. The van der Waals surface area contributed by atoms with Gasteiger partial charge >= 0.3 is 6.03 Å². The second-order valence-corrected chi connectivity index (χ2v) is 5.16. The lowest BCUT2D eigenvalue weighted by Crippen LogP contribution is -2.31. The normalized spacial score (nSPS) is 10.1. The summed E-state index contributed by atoms with van der Waals surface area (Å²) in [7, 11) is 1.61. The predicted octanol–water partition coefficient (Wildman–Crippen LogP) is 4.22. The van der Waals surface area contributed by atoms with Crippen molar-refractivity contribution in [3.63, 3.8) is 0 Å². The Kier molecular flexibility index (Phi) is 4.62. The van der Waals surface area contributed by atoms with E-state index in [9.17, 15) is 14.9 Å². The van der Waals surface area contributed by atoms with E-state index in [0.717, 1.165) is 0 Å². The second-order valence-electron chi connectivity index (χ2n) is 4.73. The summed E-state index contributed by atoms with van der Waals surface area (Å²) in [6, 6.07) is 10.8.